The third-order valence-corrected chi connectivity index (χ3v) is 1.65. The molecule has 0 saturated carbocycles. The molecule has 0 bridgehead atoms. The van der Waals surface area contributed by atoms with Gasteiger partial charge in [0, 0.05) is 6.42 Å². The Morgan fingerprint density at radius 3 is 2.55 bits per heavy atom. The fraction of sp³-hybridized carbons (Fsp3) is 0.875. The fourth-order valence-corrected chi connectivity index (χ4v) is 0.860. The highest BCUT2D eigenvalue weighted by atomic mass is 16.4. The lowest BCUT2D eigenvalue weighted by Crippen LogP contribution is -2.04. The van der Waals surface area contributed by atoms with Gasteiger partial charge in [-0.05, 0) is 19.3 Å². The predicted molar refractivity (Wildman–Crippen MR) is 42.4 cm³/mol. The Balaban J connectivity index is 3.08. The number of hydrogen-bond donors (Lipinski definition) is 2. The van der Waals surface area contributed by atoms with E-state index in [0.717, 1.165) is 19.3 Å². The summed E-state index contributed by atoms with van der Waals surface area (Å²) in [6.45, 7) is 1.92. The maximum absolute atomic E-state index is 10.1. The maximum atomic E-state index is 10.1. The molecule has 11 heavy (non-hydrogen) atoms. The van der Waals surface area contributed by atoms with Crippen LogP contribution in [0, 0.1) is 0 Å². The lowest BCUT2D eigenvalue weighted by atomic mass is 10.1. The number of carbonyl (C=O) groups is 1. The molecule has 0 fully saturated rings. The Labute approximate surface area is 67.0 Å². The summed E-state index contributed by atoms with van der Waals surface area (Å²) in [6.07, 6.45) is 2.94. The number of hydrogen-bond acceptors (Lipinski definition) is 2. The molecule has 0 aromatic carbocycles. The van der Waals surface area contributed by atoms with Crippen molar-refractivity contribution < 1.29 is 15.0 Å². The highest BCUT2D eigenvalue weighted by molar-refractivity contribution is 5.66. The molecule has 0 unspecified atom stereocenters. The van der Waals surface area contributed by atoms with Gasteiger partial charge in [-0.3, -0.25) is 4.79 Å². The van der Waals surface area contributed by atoms with E-state index in [1.807, 2.05) is 6.92 Å². The normalized spacial score (nSPS) is 12.9. The summed E-state index contributed by atoms with van der Waals surface area (Å²) in [7, 11) is 0. The van der Waals surface area contributed by atoms with Crippen molar-refractivity contribution in [1.82, 2.24) is 0 Å². The molecular weight excluding hydrogens is 144 g/mol. The molecule has 66 valence electrons. The van der Waals surface area contributed by atoms with Gasteiger partial charge in [-0.1, -0.05) is 13.3 Å². The van der Waals surface area contributed by atoms with Gasteiger partial charge in [-0.2, -0.15) is 0 Å². The van der Waals surface area contributed by atoms with Crippen LogP contribution < -0.4 is 0 Å². The molecule has 0 spiro atoms. The van der Waals surface area contributed by atoms with Gasteiger partial charge in [0.25, 0.3) is 0 Å². The second-order valence-electron chi connectivity index (χ2n) is 2.70. The van der Waals surface area contributed by atoms with E-state index in [0.29, 0.717) is 6.42 Å². The first-order valence-corrected chi connectivity index (χ1v) is 4.06. The van der Waals surface area contributed by atoms with Gasteiger partial charge in [-0.25, -0.2) is 0 Å². The van der Waals surface area contributed by atoms with Crippen LogP contribution in [0.5, 0.6) is 0 Å². The predicted octanol–water partition coefficient (Wildman–Crippen LogP) is 1.40. The summed E-state index contributed by atoms with van der Waals surface area (Å²) in [6, 6.07) is 0. The second kappa shape index (κ2) is 6.16. The fourth-order valence-electron chi connectivity index (χ4n) is 0.860. The highest BCUT2D eigenvalue weighted by Crippen LogP contribution is 2.05. The van der Waals surface area contributed by atoms with E-state index in [2.05, 4.69) is 0 Å². The summed E-state index contributed by atoms with van der Waals surface area (Å²) >= 11 is 0. The van der Waals surface area contributed by atoms with Crippen LogP contribution in [0.3, 0.4) is 0 Å². The van der Waals surface area contributed by atoms with Crippen molar-refractivity contribution in [2.45, 2.75) is 45.1 Å². The van der Waals surface area contributed by atoms with Gasteiger partial charge in [0.2, 0.25) is 0 Å². The number of rotatable bonds is 6. The van der Waals surface area contributed by atoms with Crippen molar-refractivity contribution in [2.24, 2.45) is 0 Å². The minimum Gasteiger partial charge on any atom is -0.481 e. The molecule has 3 nitrogen and oxygen atoms in total. The molecule has 0 radical (unpaired) electrons. The molecule has 1 atom stereocenters. The highest BCUT2D eigenvalue weighted by Gasteiger charge is 2.01. The van der Waals surface area contributed by atoms with Gasteiger partial charge in [0.05, 0.1) is 6.10 Å². The molecule has 0 aliphatic rings. The van der Waals surface area contributed by atoms with Crippen LogP contribution in [-0.2, 0) is 4.79 Å². The number of unbranched alkanes of at least 4 members (excludes halogenated alkanes) is 1. The minimum atomic E-state index is -0.754. The zero-order valence-corrected chi connectivity index (χ0v) is 6.92. The minimum absolute atomic E-state index is 0.219. The van der Waals surface area contributed by atoms with E-state index >= 15 is 0 Å². The summed E-state index contributed by atoms with van der Waals surface area (Å²) in [5, 5.41) is 17.3. The van der Waals surface area contributed by atoms with Crippen LogP contribution in [0.2, 0.25) is 0 Å². The van der Waals surface area contributed by atoms with Crippen LogP contribution >= 0.6 is 0 Å². The van der Waals surface area contributed by atoms with E-state index in [1.54, 1.807) is 0 Å². The third-order valence-electron chi connectivity index (χ3n) is 1.65. The SMILES string of the molecule is CC[C@H](O)CCCCC(=O)O. The van der Waals surface area contributed by atoms with E-state index in [-0.39, 0.29) is 12.5 Å². The van der Waals surface area contributed by atoms with E-state index in [4.69, 9.17) is 10.2 Å². The van der Waals surface area contributed by atoms with Crippen molar-refractivity contribution in [3.63, 3.8) is 0 Å². The average molecular weight is 160 g/mol. The van der Waals surface area contributed by atoms with Crippen molar-refractivity contribution in [3.8, 4) is 0 Å². The maximum Gasteiger partial charge on any atom is 0.303 e. The van der Waals surface area contributed by atoms with Crippen LogP contribution in [0.15, 0.2) is 0 Å². The van der Waals surface area contributed by atoms with Gasteiger partial charge in [-0.15, -0.1) is 0 Å². The Morgan fingerprint density at radius 2 is 2.09 bits per heavy atom. The molecule has 0 aliphatic heterocycles. The quantitative estimate of drug-likeness (QED) is 0.577. The molecule has 0 aliphatic carbocycles. The third kappa shape index (κ3) is 7.33. The largest absolute Gasteiger partial charge is 0.481 e. The van der Waals surface area contributed by atoms with Gasteiger partial charge in [0.1, 0.15) is 0 Å². The Hall–Kier alpha value is -0.570. The number of carboxylic acid groups (broad SMARTS) is 1. The summed E-state index contributed by atoms with van der Waals surface area (Å²) in [5.74, 6) is -0.754. The molecule has 0 aromatic heterocycles. The molecule has 0 rings (SSSR count). The summed E-state index contributed by atoms with van der Waals surface area (Å²) in [4.78, 5) is 10.1. The molecule has 0 amide bonds. The van der Waals surface area contributed by atoms with E-state index in [9.17, 15) is 4.79 Å². The Bertz CT molecular complexity index is 112. The molecular formula is C8H16O3. The van der Waals surface area contributed by atoms with Crippen molar-refractivity contribution >= 4 is 5.97 Å². The molecule has 0 aromatic rings. The number of aliphatic hydroxyl groups excluding tert-OH is 1. The molecule has 0 saturated heterocycles. The zero-order valence-electron chi connectivity index (χ0n) is 6.92. The van der Waals surface area contributed by atoms with Gasteiger partial charge in [0.15, 0.2) is 0 Å². The lowest BCUT2D eigenvalue weighted by Gasteiger charge is -2.05. The Kier molecular flexibility index (Phi) is 5.84. The lowest BCUT2D eigenvalue weighted by molar-refractivity contribution is -0.137. The summed E-state index contributed by atoms with van der Waals surface area (Å²) < 4.78 is 0. The first-order chi connectivity index (χ1) is 5.16. The van der Waals surface area contributed by atoms with Crippen molar-refractivity contribution in [2.75, 3.05) is 0 Å². The summed E-state index contributed by atoms with van der Waals surface area (Å²) in [5.41, 5.74) is 0. The van der Waals surface area contributed by atoms with E-state index < -0.39 is 5.97 Å². The van der Waals surface area contributed by atoms with Crippen molar-refractivity contribution in [3.05, 3.63) is 0 Å². The van der Waals surface area contributed by atoms with Crippen LogP contribution in [0.1, 0.15) is 39.0 Å². The van der Waals surface area contributed by atoms with Crippen molar-refractivity contribution in [1.29, 1.82) is 0 Å². The monoisotopic (exact) mass is 160 g/mol. The van der Waals surface area contributed by atoms with Crippen LogP contribution in [0.4, 0.5) is 0 Å². The molecule has 3 heteroatoms. The standard InChI is InChI=1S/C8H16O3/c1-2-7(9)5-3-4-6-8(10)11/h7,9H,2-6H2,1H3,(H,10,11)/t7-/m0/s1. The first-order valence-electron chi connectivity index (χ1n) is 4.06. The van der Waals surface area contributed by atoms with Crippen LogP contribution in [0.25, 0.3) is 0 Å². The molecule has 2 N–H and O–H groups in total. The Morgan fingerprint density at radius 1 is 1.45 bits per heavy atom. The van der Waals surface area contributed by atoms with E-state index in [1.165, 1.54) is 0 Å². The zero-order chi connectivity index (χ0) is 8.69. The van der Waals surface area contributed by atoms with Crippen LogP contribution in [-0.4, -0.2) is 22.3 Å². The molecule has 0 heterocycles. The van der Waals surface area contributed by atoms with Gasteiger partial charge >= 0.3 is 5.97 Å². The number of carboxylic acids is 1. The topological polar surface area (TPSA) is 57.5 Å². The first kappa shape index (κ1) is 10.4. The smallest absolute Gasteiger partial charge is 0.303 e. The number of aliphatic carboxylic acids is 1. The average Bonchev–Trinajstić information content (AvgIpc) is 1.97. The van der Waals surface area contributed by atoms with Gasteiger partial charge < -0.3 is 10.2 Å². The second-order valence-corrected chi connectivity index (χ2v) is 2.70. The number of aliphatic hydroxyl groups is 1.